The quantitative estimate of drug-likeness (QED) is 0.430. The molecule has 6 nitrogen and oxygen atoms in total. The minimum atomic E-state index is -0.502. The molecule has 0 spiro atoms. The van der Waals surface area contributed by atoms with E-state index in [0.717, 1.165) is 16.7 Å². The van der Waals surface area contributed by atoms with Crippen LogP contribution in [0.4, 0.5) is 0 Å². The monoisotopic (exact) mass is 425 g/mol. The van der Waals surface area contributed by atoms with Gasteiger partial charge in [-0.15, -0.1) is 0 Å². The maximum Gasteiger partial charge on any atom is 0.250 e. The number of rotatable bonds is 8. The van der Waals surface area contributed by atoms with Crippen LogP contribution in [-0.2, 0) is 17.6 Å². The van der Waals surface area contributed by atoms with Crippen LogP contribution in [0.3, 0.4) is 0 Å². The topological polar surface area (TPSA) is 98.1 Å². The number of benzene rings is 2. The molecule has 0 fully saturated rings. The van der Waals surface area contributed by atoms with Crippen LogP contribution in [0.1, 0.15) is 27.0 Å². The highest BCUT2D eigenvalue weighted by molar-refractivity contribution is 5.93. The van der Waals surface area contributed by atoms with Crippen LogP contribution in [0, 0.1) is 6.92 Å². The van der Waals surface area contributed by atoms with E-state index in [1.165, 1.54) is 0 Å². The number of H-pyrrole nitrogens is 1. The summed E-state index contributed by atoms with van der Waals surface area (Å²) in [5, 5.41) is 0. The highest BCUT2D eigenvalue weighted by Gasteiger charge is 2.09. The van der Waals surface area contributed by atoms with E-state index in [9.17, 15) is 9.59 Å². The Morgan fingerprint density at radius 2 is 1.72 bits per heavy atom. The number of pyridine rings is 1. The molecule has 160 valence electrons. The lowest BCUT2D eigenvalue weighted by Gasteiger charge is -2.08. The minimum absolute atomic E-state index is 0.171. The van der Waals surface area contributed by atoms with Crippen molar-refractivity contribution in [2.45, 2.75) is 19.8 Å². The van der Waals surface area contributed by atoms with Crippen molar-refractivity contribution in [3.05, 3.63) is 101 Å². The first kappa shape index (κ1) is 21.1. The van der Waals surface area contributed by atoms with Crippen molar-refractivity contribution >= 4 is 11.7 Å². The molecule has 0 saturated heterocycles. The van der Waals surface area contributed by atoms with Crippen molar-refractivity contribution in [3.8, 4) is 22.9 Å². The average Bonchev–Trinajstić information content (AvgIpc) is 3.26. The standard InChI is InChI=1S/C26H23N3O3/c1-17-3-2-4-19(11-17)13-21(30)12-18-5-7-22(8-6-18)32-23-9-10-28-25(15-23)24-14-20(16-29-24)26(27)31/h2-11,14-16,29H,12-13H2,1H3,(H2,27,31). The third-order valence-corrected chi connectivity index (χ3v) is 5.02. The first-order valence-corrected chi connectivity index (χ1v) is 10.2. The van der Waals surface area contributed by atoms with Crippen molar-refractivity contribution in [1.29, 1.82) is 0 Å². The Labute approximate surface area is 186 Å². The fraction of sp³-hybridized carbons (Fsp3) is 0.115. The molecular formula is C26H23N3O3. The molecule has 4 rings (SSSR count). The molecule has 3 N–H and O–H groups in total. The van der Waals surface area contributed by atoms with E-state index in [-0.39, 0.29) is 5.78 Å². The summed E-state index contributed by atoms with van der Waals surface area (Å²) in [5.74, 6) is 0.927. The van der Waals surface area contributed by atoms with Gasteiger partial charge in [0.25, 0.3) is 0 Å². The zero-order valence-electron chi connectivity index (χ0n) is 17.7. The molecule has 0 aliphatic rings. The van der Waals surface area contributed by atoms with E-state index in [1.807, 2.05) is 55.5 Å². The Hall–Kier alpha value is -4.19. The average molecular weight is 425 g/mol. The lowest BCUT2D eigenvalue weighted by molar-refractivity contribution is -0.117. The Bertz CT molecular complexity index is 1260. The third-order valence-electron chi connectivity index (χ3n) is 5.02. The number of aryl methyl sites for hydroxylation is 1. The molecule has 1 amide bonds. The van der Waals surface area contributed by atoms with Gasteiger partial charge in [-0.05, 0) is 42.3 Å². The molecule has 32 heavy (non-hydrogen) atoms. The second-order valence-electron chi connectivity index (χ2n) is 7.67. The molecule has 0 aliphatic carbocycles. The normalized spacial score (nSPS) is 10.7. The van der Waals surface area contributed by atoms with Gasteiger partial charge in [-0.3, -0.25) is 14.6 Å². The summed E-state index contributed by atoms with van der Waals surface area (Å²) in [6.07, 6.45) is 3.98. The van der Waals surface area contributed by atoms with Gasteiger partial charge in [-0.25, -0.2) is 0 Å². The number of carbonyl (C=O) groups is 2. The van der Waals surface area contributed by atoms with Crippen molar-refractivity contribution < 1.29 is 14.3 Å². The van der Waals surface area contributed by atoms with Gasteiger partial charge in [0.15, 0.2) is 0 Å². The van der Waals surface area contributed by atoms with Gasteiger partial charge in [0, 0.05) is 31.3 Å². The van der Waals surface area contributed by atoms with E-state index in [0.29, 0.717) is 41.3 Å². The van der Waals surface area contributed by atoms with Crippen molar-refractivity contribution in [2.24, 2.45) is 5.73 Å². The number of primary amides is 1. The maximum atomic E-state index is 12.4. The molecular weight excluding hydrogens is 402 g/mol. The molecule has 0 atom stereocenters. The molecule has 6 heteroatoms. The summed E-state index contributed by atoms with van der Waals surface area (Å²) >= 11 is 0. The summed E-state index contributed by atoms with van der Waals surface area (Å²) in [6.45, 7) is 2.02. The van der Waals surface area contributed by atoms with Crippen LogP contribution >= 0.6 is 0 Å². The van der Waals surface area contributed by atoms with E-state index >= 15 is 0 Å². The minimum Gasteiger partial charge on any atom is -0.457 e. The summed E-state index contributed by atoms with van der Waals surface area (Å²) in [7, 11) is 0. The van der Waals surface area contributed by atoms with Gasteiger partial charge in [0.1, 0.15) is 17.3 Å². The number of nitrogens with two attached hydrogens (primary N) is 1. The lowest BCUT2D eigenvalue weighted by Crippen LogP contribution is -2.09. The van der Waals surface area contributed by atoms with E-state index in [1.54, 1.807) is 30.6 Å². The number of nitrogens with zero attached hydrogens (tertiary/aromatic N) is 1. The summed E-state index contributed by atoms with van der Waals surface area (Å²) in [5.41, 5.74) is 10.1. The first-order chi connectivity index (χ1) is 15.5. The summed E-state index contributed by atoms with van der Waals surface area (Å²) in [6, 6.07) is 20.7. The number of aromatic nitrogens is 2. The van der Waals surface area contributed by atoms with Crippen LogP contribution in [0.5, 0.6) is 11.5 Å². The first-order valence-electron chi connectivity index (χ1n) is 10.2. The molecule has 0 saturated carbocycles. The second kappa shape index (κ2) is 9.31. The number of amides is 1. The fourth-order valence-electron chi connectivity index (χ4n) is 3.46. The molecule has 2 aromatic carbocycles. The predicted octanol–water partition coefficient (Wildman–Crippen LogP) is 4.63. The molecule has 0 bridgehead atoms. The maximum absolute atomic E-state index is 12.4. The van der Waals surface area contributed by atoms with Crippen LogP contribution in [-0.4, -0.2) is 21.7 Å². The number of Topliss-reactive ketones (excluding diaryl/α,β-unsaturated/α-hetero) is 1. The Morgan fingerprint density at radius 1 is 0.938 bits per heavy atom. The Morgan fingerprint density at radius 3 is 2.44 bits per heavy atom. The molecule has 0 aliphatic heterocycles. The molecule has 4 aromatic rings. The smallest absolute Gasteiger partial charge is 0.250 e. The van der Waals surface area contributed by atoms with Gasteiger partial charge in [-0.1, -0.05) is 42.0 Å². The van der Waals surface area contributed by atoms with E-state index in [4.69, 9.17) is 10.5 Å². The lowest BCUT2D eigenvalue weighted by atomic mass is 10.0. The number of nitrogens with one attached hydrogen (secondary N) is 1. The molecule has 0 radical (unpaired) electrons. The van der Waals surface area contributed by atoms with Gasteiger partial charge >= 0.3 is 0 Å². The van der Waals surface area contributed by atoms with Crippen LogP contribution in [0.15, 0.2) is 79.1 Å². The van der Waals surface area contributed by atoms with Gasteiger partial charge in [-0.2, -0.15) is 0 Å². The predicted molar refractivity (Wildman–Crippen MR) is 123 cm³/mol. The van der Waals surface area contributed by atoms with Crippen molar-refractivity contribution in [2.75, 3.05) is 0 Å². The fourth-order valence-corrected chi connectivity index (χ4v) is 3.46. The largest absolute Gasteiger partial charge is 0.457 e. The van der Waals surface area contributed by atoms with Crippen LogP contribution < -0.4 is 10.5 Å². The van der Waals surface area contributed by atoms with Crippen molar-refractivity contribution in [3.63, 3.8) is 0 Å². The van der Waals surface area contributed by atoms with Gasteiger partial charge in [0.05, 0.1) is 17.0 Å². The zero-order chi connectivity index (χ0) is 22.5. The van der Waals surface area contributed by atoms with Crippen molar-refractivity contribution in [1.82, 2.24) is 9.97 Å². The number of hydrogen-bond donors (Lipinski definition) is 2. The second-order valence-corrected chi connectivity index (χ2v) is 7.67. The van der Waals surface area contributed by atoms with E-state index < -0.39 is 5.91 Å². The summed E-state index contributed by atoms with van der Waals surface area (Å²) in [4.78, 5) is 31.0. The van der Waals surface area contributed by atoms with Crippen LogP contribution in [0.25, 0.3) is 11.4 Å². The van der Waals surface area contributed by atoms with Gasteiger partial charge < -0.3 is 15.5 Å². The SMILES string of the molecule is Cc1cccc(CC(=O)Cc2ccc(Oc3ccnc(-c4cc(C(N)=O)c[nH]4)c3)cc2)c1. The molecule has 0 unspecified atom stereocenters. The van der Waals surface area contributed by atoms with E-state index in [2.05, 4.69) is 9.97 Å². The zero-order valence-corrected chi connectivity index (χ0v) is 17.7. The number of ether oxygens (including phenoxy) is 1. The summed E-state index contributed by atoms with van der Waals surface area (Å²) < 4.78 is 5.93. The number of hydrogen-bond acceptors (Lipinski definition) is 4. The van der Waals surface area contributed by atoms with Crippen LogP contribution in [0.2, 0.25) is 0 Å². The Balaban J connectivity index is 1.39. The highest BCUT2D eigenvalue weighted by Crippen LogP contribution is 2.26. The highest BCUT2D eigenvalue weighted by atomic mass is 16.5. The molecule has 2 heterocycles. The number of aromatic amines is 1. The van der Waals surface area contributed by atoms with Gasteiger partial charge in [0.2, 0.25) is 5.91 Å². The Kier molecular flexibility index (Phi) is 6.12. The third kappa shape index (κ3) is 5.29. The number of carbonyl (C=O) groups excluding carboxylic acids is 2. The number of ketones is 1. The molecule has 2 aromatic heterocycles.